The number of hydrogen-bond acceptors (Lipinski definition) is 1. The highest BCUT2D eigenvalue weighted by atomic mass is 16.4. The van der Waals surface area contributed by atoms with Crippen molar-refractivity contribution in [3.05, 3.63) is 0 Å². The van der Waals surface area contributed by atoms with Gasteiger partial charge in [-0.25, -0.2) is 0 Å². The van der Waals surface area contributed by atoms with Crippen LogP contribution in [0.4, 0.5) is 0 Å². The summed E-state index contributed by atoms with van der Waals surface area (Å²) < 4.78 is 0. The number of hydrogen-bond donors (Lipinski definition) is 1. The van der Waals surface area contributed by atoms with Gasteiger partial charge in [0.15, 0.2) is 0 Å². The molecular weight excluding hydrogens is 176 g/mol. The van der Waals surface area contributed by atoms with E-state index < -0.39 is 5.97 Å². The molecule has 0 amide bonds. The molecule has 13 heavy (non-hydrogen) atoms. The standard InChI is InChI=1S/C8H16O2.3H2O/c1-2-3-4-5-6-7-8(9)10;;;/h2-7H2,1H3,(H,9,10);3*1H2. The van der Waals surface area contributed by atoms with Crippen molar-refractivity contribution in [2.45, 2.75) is 45.4 Å². The van der Waals surface area contributed by atoms with Crippen molar-refractivity contribution in [3.8, 4) is 0 Å². The molecule has 0 aromatic heterocycles. The summed E-state index contributed by atoms with van der Waals surface area (Å²) in [5.74, 6) is -0.670. The number of carbonyl (C=O) groups is 1. The van der Waals surface area contributed by atoms with E-state index in [2.05, 4.69) is 6.92 Å². The summed E-state index contributed by atoms with van der Waals surface area (Å²) in [6.07, 6.45) is 5.88. The molecule has 0 heterocycles. The lowest BCUT2D eigenvalue weighted by molar-refractivity contribution is -0.137. The molecule has 0 aliphatic rings. The van der Waals surface area contributed by atoms with E-state index in [0.29, 0.717) is 6.42 Å². The minimum Gasteiger partial charge on any atom is -0.481 e. The third-order valence-corrected chi connectivity index (χ3v) is 1.49. The fraction of sp³-hybridized carbons (Fsp3) is 0.875. The van der Waals surface area contributed by atoms with Crippen LogP contribution in [0.25, 0.3) is 0 Å². The average molecular weight is 198 g/mol. The van der Waals surface area contributed by atoms with Crippen molar-refractivity contribution in [2.24, 2.45) is 0 Å². The smallest absolute Gasteiger partial charge is 0.303 e. The maximum Gasteiger partial charge on any atom is 0.303 e. The zero-order valence-electron chi connectivity index (χ0n) is 8.10. The number of carboxylic acids is 1. The first-order valence-corrected chi connectivity index (χ1v) is 3.99. The summed E-state index contributed by atoms with van der Waals surface area (Å²) >= 11 is 0. The SMILES string of the molecule is CCCCCCCC(=O)O.O.O.O. The Morgan fingerprint density at radius 2 is 1.46 bits per heavy atom. The van der Waals surface area contributed by atoms with Gasteiger partial charge in [-0.3, -0.25) is 4.79 Å². The Bertz CT molecular complexity index is 94.5. The van der Waals surface area contributed by atoms with E-state index in [0.717, 1.165) is 12.8 Å². The van der Waals surface area contributed by atoms with Crippen LogP contribution in [-0.4, -0.2) is 27.5 Å². The normalized spacial score (nSPS) is 7.46. The molecule has 0 aromatic rings. The monoisotopic (exact) mass is 198 g/mol. The minimum atomic E-state index is -0.670. The van der Waals surface area contributed by atoms with E-state index in [1.54, 1.807) is 0 Å². The van der Waals surface area contributed by atoms with E-state index in [1.807, 2.05) is 0 Å². The van der Waals surface area contributed by atoms with Crippen LogP contribution in [0.2, 0.25) is 0 Å². The van der Waals surface area contributed by atoms with Gasteiger partial charge in [0.2, 0.25) is 0 Å². The lowest BCUT2D eigenvalue weighted by atomic mass is 10.1. The van der Waals surface area contributed by atoms with Gasteiger partial charge in [0.25, 0.3) is 0 Å². The molecule has 0 atom stereocenters. The Kier molecular flexibility index (Phi) is 30.6. The second-order valence-electron chi connectivity index (χ2n) is 2.56. The lowest BCUT2D eigenvalue weighted by Gasteiger charge is -1.95. The first kappa shape index (κ1) is 22.8. The highest BCUT2D eigenvalue weighted by Crippen LogP contribution is 2.04. The van der Waals surface area contributed by atoms with Gasteiger partial charge >= 0.3 is 5.97 Å². The number of unbranched alkanes of at least 4 members (excludes halogenated alkanes) is 4. The Hall–Kier alpha value is -0.650. The molecule has 0 saturated carbocycles. The molecule has 0 radical (unpaired) electrons. The van der Waals surface area contributed by atoms with E-state index in [9.17, 15) is 4.79 Å². The van der Waals surface area contributed by atoms with Gasteiger partial charge in [-0.2, -0.15) is 0 Å². The summed E-state index contributed by atoms with van der Waals surface area (Å²) in [5, 5.41) is 8.27. The Balaban J connectivity index is -0.000000135. The zero-order valence-corrected chi connectivity index (χ0v) is 8.10. The molecule has 0 saturated heterocycles. The maximum atomic E-state index is 10.0. The Labute approximate surface area is 78.7 Å². The van der Waals surface area contributed by atoms with Crippen molar-refractivity contribution in [1.82, 2.24) is 0 Å². The summed E-state index contributed by atoms with van der Waals surface area (Å²) in [6.45, 7) is 2.15. The van der Waals surface area contributed by atoms with Gasteiger partial charge in [-0.1, -0.05) is 32.6 Å². The number of aliphatic carboxylic acids is 1. The van der Waals surface area contributed by atoms with Gasteiger partial charge < -0.3 is 21.5 Å². The molecule has 0 bridgehead atoms. The summed E-state index contributed by atoms with van der Waals surface area (Å²) in [4.78, 5) is 10.0. The van der Waals surface area contributed by atoms with Crippen molar-refractivity contribution < 1.29 is 26.3 Å². The molecule has 5 heteroatoms. The number of rotatable bonds is 6. The van der Waals surface area contributed by atoms with Gasteiger partial charge in [0.1, 0.15) is 0 Å². The van der Waals surface area contributed by atoms with Gasteiger partial charge in [0.05, 0.1) is 0 Å². The molecule has 84 valence electrons. The quantitative estimate of drug-likeness (QED) is 0.599. The minimum absolute atomic E-state index is 0. The fourth-order valence-electron chi connectivity index (χ4n) is 0.880. The van der Waals surface area contributed by atoms with Crippen LogP contribution in [0.1, 0.15) is 45.4 Å². The molecule has 0 aliphatic heterocycles. The summed E-state index contributed by atoms with van der Waals surface area (Å²) in [7, 11) is 0. The van der Waals surface area contributed by atoms with Crippen molar-refractivity contribution in [1.29, 1.82) is 0 Å². The topological polar surface area (TPSA) is 132 Å². The fourth-order valence-corrected chi connectivity index (χ4v) is 0.880. The van der Waals surface area contributed by atoms with Gasteiger partial charge in [-0.05, 0) is 6.42 Å². The van der Waals surface area contributed by atoms with Crippen molar-refractivity contribution >= 4 is 5.97 Å². The third-order valence-electron chi connectivity index (χ3n) is 1.49. The Morgan fingerprint density at radius 3 is 1.85 bits per heavy atom. The van der Waals surface area contributed by atoms with Crippen LogP contribution in [0.5, 0.6) is 0 Å². The van der Waals surface area contributed by atoms with Crippen LogP contribution >= 0.6 is 0 Å². The summed E-state index contributed by atoms with van der Waals surface area (Å²) in [6, 6.07) is 0. The van der Waals surface area contributed by atoms with Crippen LogP contribution in [0.3, 0.4) is 0 Å². The lowest BCUT2D eigenvalue weighted by Crippen LogP contribution is -1.93. The predicted octanol–water partition coefficient (Wildman–Crippen LogP) is -0.0426. The average Bonchev–Trinajstić information content (AvgIpc) is 1.87. The van der Waals surface area contributed by atoms with E-state index >= 15 is 0 Å². The molecule has 0 rings (SSSR count). The highest BCUT2D eigenvalue weighted by Gasteiger charge is 1.94. The van der Waals surface area contributed by atoms with Crippen molar-refractivity contribution in [3.63, 3.8) is 0 Å². The molecule has 0 aromatic carbocycles. The van der Waals surface area contributed by atoms with E-state index in [-0.39, 0.29) is 16.4 Å². The second kappa shape index (κ2) is 17.4. The molecule has 0 fully saturated rings. The third kappa shape index (κ3) is 24.6. The molecule has 0 spiro atoms. The van der Waals surface area contributed by atoms with Crippen molar-refractivity contribution in [2.75, 3.05) is 0 Å². The van der Waals surface area contributed by atoms with Crippen LogP contribution in [-0.2, 0) is 4.79 Å². The van der Waals surface area contributed by atoms with Gasteiger partial charge in [0, 0.05) is 6.42 Å². The molecule has 0 aliphatic carbocycles. The van der Waals surface area contributed by atoms with E-state index in [4.69, 9.17) is 5.11 Å². The maximum absolute atomic E-state index is 10.0. The molecule has 5 nitrogen and oxygen atoms in total. The van der Waals surface area contributed by atoms with Crippen LogP contribution in [0.15, 0.2) is 0 Å². The first-order chi connectivity index (χ1) is 4.77. The largest absolute Gasteiger partial charge is 0.481 e. The Morgan fingerprint density at radius 1 is 1.00 bits per heavy atom. The first-order valence-electron chi connectivity index (χ1n) is 3.99. The summed E-state index contributed by atoms with van der Waals surface area (Å²) in [5.41, 5.74) is 0. The van der Waals surface area contributed by atoms with Crippen LogP contribution < -0.4 is 0 Å². The zero-order chi connectivity index (χ0) is 7.82. The van der Waals surface area contributed by atoms with Crippen LogP contribution in [0, 0.1) is 0 Å². The predicted molar refractivity (Wildman–Crippen MR) is 51.9 cm³/mol. The van der Waals surface area contributed by atoms with Gasteiger partial charge in [-0.15, -0.1) is 0 Å². The highest BCUT2D eigenvalue weighted by molar-refractivity contribution is 5.66. The molecular formula is C8H22O5. The van der Waals surface area contributed by atoms with E-state index in [1.165, 1.54) is 19.3 Å². The molecule has 0 unspecified atom stereocenters. The number of carboxylic acid groups (broad SMARTS) is 1. The molecule has 7 N–H and O–H groups in total. The second-order valence-corrected chi connectivity index (χ2v) is 2.56.